The van der Waals surface area contributed by atoms with Gasteiger partial charge in [0.1, 0.15) is 11.9 Å². The highest BCUT2D eigenvalue weighted by Crippen LogP contribution is 2.43. The van der Waals surface area contributed by atoms with Crippen LogP contribution in [0.1, 0.15) is 36.7 Å². The number of carbonyl (C=O) groups is 2. The highest BCUT2D eigenvalue weighted by molar-refractivity contribution is 6.27. The van der Waals surface area contributed by atoms with Gasteiger partial charge in [0, 0.05) is 23.0 Å². The number of H-pyrrole nitrogens is 1. The van der Waals surface area contributed by atoms with E-state index in [-0.39, 0.29) is 17.9 Å². The van der Waals surface area contributed by atoms with E-state index in [1.54, 1.807) is 7.11 Å². The third-order valence-corrected chi connectivity index (χ3v) is 6.10. The third kappa shape index (κ3) is 4.13. The van der Waals surface area contributed by atoms with Crippen molar-refractivity contribution in [1.29, 1.82) is 0 Å². The van der Waals surface area contributed by atoms with Crippen molar-refractivity contribution in [3.8, 4) is 11.5 Å². The van der Waals surface area contributed by atoms with Crippen molar-refractivity contribution >= 4 is 34.4 Å². The summed E-state index contributed by atoms with van der Waals surface area (Å²) in [6.07, 6.45) is 0.300. The van der Waals surface area contributed by atoms with Crippen LogP contribution in [0.15, 0.2) is 42.5 Å². The molecule has 0 bridgehead atoms. The minimum absolute atomic E-state index is 0.0298. The number of carbonyl (C=O) groups excluding carboxylic acids is 2. The van der Waals surface area contributed by atoms with E-state index in [0.29, 0.717) is 17.9 Å². The smallest absolute Gasteiger partial charge is 0.328 e. The van der Waals surface area contributed by atoms with Gasteiger partial charge in [-0.1, -0.05) is 24.3 Å². The first-order valence-electron chi connectivity index (χ1n) is 10.8. The number of methoxy groups -OCH3 is 2. The standard InChI is InChI=1S/C25H27ClN2O5/c1-14(2)33-20-10-9-15(11-21(20)31-3)24-23-17(16-7-5-6-8-18(16)27-23)12-19(25(30)32-4)28(24)22(29)13-26/h5-11,14,19,24,27H,12-13H2,1-4H3. The second-order valence-corrected chi connectivity index (χ2v) is 8.49. The van der Waals surface area contributed by atoms with Crippen LogP contribution in [0.2, 0.25) is 0 Å². The van der Waals surface area contributed by atoms with E-state index in [1.807, 2.05) is 56.3 Å². The first-order valence-corrected chi connectivity index (χ1v) is 11.3. The van der Waals surface area contributed by atoms with Crippen molar-refractivity contribution in [1.82, 2.24) is 9.88 Å². The van der Waals surface area contributed by atoms with Gasteiger partial charge in [0.15, 0.2) is 11.5 Å². The number of halogens is 1. The molecule has 1 aromatic heterocycles. The van der Waals surface area contributed by atoms with Gasteiger partial charge in [-0.3, -0.25) is 4.79 Å². The summed E-state index contributed by atoms with van der Waals surface area (Å²) in [7, 11) is 2.90. The maximum absolute atomic E-state index is 13.1. The van der Waals surface area contributed by atoms with Crippen molar-refractivity contribution in [3.05, 3.63) is 59.3 Å². The second kappa shape index (κ2) is 9.35. The Labute approximate surface area is 197 Å². The fourth-order valence-electron chi connectivity index (χ4n) is 4.54. The maximum atomic E-state index is 13.1. The summed E-state index contributed by atoms with van der Waals surface area (Å²) < 4.78 is 16.5. The molecule has 1 aliphatic heterocycles. The van der Waals surface area contributed by atoms with Gasteiger partial charge in [-0.2, -0.15) is 0 Å². The number of rotatable bonds is 6. The predicted octanol–water partition coefficient (Wildman–Crippen LogP) is 4.22. The molecule has 8 heteroatoms. The van der Waals surface area contributed by atoms with Crippen LogP contribution in [-0.4, -0.2) is 54.0 Å². The first-order chi connectivity index (χ1) is 15.9. The van der Waals surface area contributed by atoms with E-state index in [1.165, 1.54) is 12.0 Å². The van der Waals surface area contributed by atoms with Crippen LogP contribution < -0.4 is 9.47 Å². The number of ether oxygens (including phenoxy) is 3. The number of nitrogens with zero attached hydrogens (tertiary/aromatic N) is 1. The number of esters is 1. The van der Waals surface area contributed by atoms with Crippen molar-refractivity contribution < 1.29 is 23.8 Å². The molecule has 2 unspecified atom stereocenters. The van der Waals surface area contributed by atoms with Crippen LogP contribution in [0.5, 0.6) is 11.5 Å². The molecule has 33 heavy (non-hydrogen) atoms. The Balaban J connectivity index is 1.94. The number of para-hydroxylation sites is 1. The molecule has 3 aromatic rings. The van der Waals surface area contributed by atoms with Crippen LogP contribution in [-0.2, 0) is 20.7 Å². The van der Waals surface area contributed by atoms with Crippen LogP contribution in [0.3, 0.4) is 0 Å². The van der Waals surface area contributed by atoms with Crippen LogP contribution in [0.4, 0.5) is 0 Å². The molecule has 0 fully saturated rings. The lowest BCUT2D eigenvalue weighted by Gasteiger charge is -2.40. The molecule has 0 saturated carbocycles. The Kier molecular flexibility index (Phi) is 6.51. The number of fused-ring (bicyclic) bond motifs is 3. The zero-order valence-corrected chi connectivity index (χ0v) is 19.8. The molecule has 0 aliphatic carbocycles. The molecule has 0 spiro atoms. The van der Waals surface area contributed by atoms with E-state index in [0.717, 1.165) is 27.7 Å². The number of aromatic amines is 1. The summed E-state index contributed by atoms with van der Waals surface area (Å²) in [4.78, 5) is 30.9. The zero-order valence-electron chi connectivity index (χ0n) is 19.1. The Morgan fingerprint density at radius 3 is 2.58 bits per heavy atom. The fraction of sp³-hybridized carbons (Fsp3) is 0.360. The Bertz CT molecular complexity index is 1190. The molecule has 0 saturated heterocycles. The van der Waals surface area contributed by atoms with Gasteiger partial charge in [0.2, 0.25) is 5.91 Å². The van der Waals surface area contributed by atoms with Gasteiger partial charge in [-0.05, 0) is 43.2 Å². The molecule has 0 radical (unpaired) electrons. The van der Waals surface area contributed by atoms with Crippen molar-refractivity contribution in [2.45, 2.75) is 38.5 Å². The first kappa shape index (κ1) is 23.0. The van der Waals surface area contributed by atoms with Gasteiger partial charge in [0.25, 0.3) is 0 Å². The van der Waals surface area contributed by atoms with Crippen molar-refractivity contribution in [3.63, 3.8) is 0 Å². The van der Waals surface area contributed by atoms with Crippen LogP contribution >= 0.6 is 11.6 Å². The van der Waals surface area contributed by atoms with Crippen molar-refractivity contribution in [2.75, 3.05) is 20.1 Å². The lowest BCUT2D eigenvalue weighted by atomic mass is 9.87. The van der Waals surface area contributed by atoms with Crippen LogP contribution in [0, 0.1) is 0 Å². The lowest BCUT2D eigenvalue weighted by Crippen LogP contribution is -2.52. The minimum Gasteiger partial charge on any atom is -0.493 e. The monoisotopic (exact) mass is 470 g/mol. The molecule has 2 atom stereocenters. The number of hydrogen-bond donors (Lipinski definition) is 1. The van der Waals surface area contributed by atoms with Gasteiger partial charge < -0.3 is 24.1 Å². The molecule has 1 aliphatic rings. The average molecular weight is 471 g/mol. The summed E-state index contributed by atoms with van der Waals surface area (Å²) in [5.74, 6) is 0.0376. The van der Waals surface area contributed by atoms with E-state index in [9.17, 15) is 9.59 Å². The number of hydrogen-bond acceptors (Lipinski definition) is 5. The molecular weight excluding hydrogens is 444 g/mol. The summed E-state index contributed by atoms with van der Waals surface area (Å²) in [5, 5.41) is 1.01. The summed E-state index contributed by atoms with van der Waals surface area (Å²) >= 11 is 6.00. The van der Waals surface area contributed by atoms with E-state index in [2.05, 4.69) is 4.98 Å². The number of nitrogens with one attached hydrogen (secondary N) is 1. The Hall–Kier alpha value is -3.19. The molecular formula is C25H27ClN2O5. The number of benzene rings is 2. The van der Waals surface area contributed by atoms with Gasteiger partial charge in [-0.15, -0.1) is 11.6 Å². The van der Waals surface area contributed by atoms with E-state index < -0.39 is 18.1 Å². The average Bonchev–Trinajstić information content (AvgIpc) is 3.20. The molecule has 1 N–H and O–H groups in total. The normalized spacial score (nSPS) is 17.7. The highest BCUT2D eigenvalue weighted by Gasteiger charge is 2.44. The predicted molar refractivity (Wildman–Crippen MR) is 126 cm³/mol. The highest BCUT2D eigenvalue weighted by atomic mass is 35.5. The Morgan fingerprint density at radius 1 is 1.15 bits per heavy atom. The van der Waals surface area contributed by atoms with E-state index >= 15 is 0 Å². The van der Waals surface area contributed by atoms with Crippen LogP contribution in [0.25, 0.3) is 10.9 Å². The number of amides is 1. The molecule has 174 valence electrons. The largest absolute Gasteiger partial charge is 0.493 e. The van der Waals surface area contributed by atoms with Gasteiger partial charge in [-0.25, -0.2) is 4.79 Å². The molecule has 4 rings (SSSR count). The summed E-state index contributed by atoms with van der Waals surface area (Å²) in [5.41, 5.74) is 3.52. The Morgan fingerprint density at radius 2 is 1.91 bits per heavy atom. The maximum Gasteiger partial charge on any atom is 0.328 e. The number of alkyl halides is 1. The van der Waals surface area contributed by atoms with E-state index in [4.69, 9.17) is 25.8 Å². The minimum atomic E-state index is -0.810. The van der Waals surface area contributed by atoms with Crippen molar-refractivity contribution in [2.24, 2.45) is 0 Å². The van der Waals surface area contributed by atoms with Gasteiger partial charge >= 0.3 is 5.97 Å². The summed E-state index contributed by atoms with van der Waals surface area (Å²) in [6, 6.07) is 12.0. The summed E-state index contributed by atoms with van der Waals surface area (Å²) in [6.45, 7) is 3.88. The molecule has 7 nitrogen and oxygen atoms in total. The third-order valence-electron chi connectivity index (χ3n) is 5.87. The molecule has 2 aromatic carbocycles. The second-order valence-electron chi connectivity index (χ2n) is 8.22. The molecule has 1 amide bonds. The SMILES string of the molecule is COC(=O)C1Cc2c([nH]c3ccccc23)C(c2ccc(OC(C)C)c(OC)c2)N1C(=O)CCl. The quantitative estimate of drug-likeness (QED) is 0.431. The fourth-order valence-corrected chi connectivity index (χ4v) is 4.68. The topological polar surface area (TPSA) is 80.9 Å². The molecule has 2 heterocycles. The van der Waals surface area contributed by atoms with Gasteiger partial charge in [0.05, 0.1) is 26.4 Å². The zero-order chi connectivity index (χ0) is 23.7. The number of aromatic nitrogens is 1. The lowest BCUT2D eigenvalue weighted by molar-refractivity contribution is -0.154.